The Morgan fingerprint density at radius 1 is 1.40 bits per heavy atom. The molecule has 0 heterocycles. The molecule has 2 N–H and O–H groups in total. The van der Waals surface area contributed by atoms with Crippen LogP contribution in [-0.4, -0.2) is 24.0 Å². The van der Waals surface area contributed by atoms with Crippen LogP contribution in [0.4, 0.5) is 0 Å². The third-order valence-electron chi connectivity index (χ3n) is 2.42. The Hall–Kier alpha value is -0.380. The predicted molar refractivity (Wildman–Crippen MR) is 68.7 cm³/mol. The van der Waals surface area contributed by atoms with Gasteiger partial charge < -0.3 is 5.73 Å². The highest BCUT2D eigenvalue weighted by Crippen LogP contribution is 2.14. The molecule has 0 spiro atoms. The van der Waals surface area contributed by atoms with Crippen LogP contribution in [-0.2, 0) is 6.54 Å². The van der Waals surface area contributed by atoms with E-state index in [1.54, 1.807) is 0 Å². The van der Waals surface area contributed by atoms with Crippen LogP contribution in [0.5, 0.6) is 0 Å². The van der Waals surface area contributed by atoms with Crippen LogP contribution < -0.4 is 5.73 Å². The molecule has 0 atom stereocenters. The molecule has 0 fully saturated rings. The second-order valence-electron chi connectivity index (χ2n) is 3.98. The number of hydrogen-bond donors (Lipinski definition) is 1. The molecule has 0 saturated carbocycles. The first-order valence-electron chi connectivity index (χ1n) is 5.32. The smallest absolute Gasteiger partial charge is 0.0237 e. The highest BCUT2D eigenvalue weighted by molar-refractivity contribution is 9.10. The number of nitrogens with two attached hydrogens (primary N) is 1. The maximum Gasteiger partial charge on any atom is 0.0237 e. The zero-order valence-corrected chi connectivity index (χ0v) is 11.0. The van der Waals surface area contributed by atoms with E-state index in [4.69, 9.17) is 5.73 Å². The van der Waals surface area contributed by atoms with Crippen molar-refractivity contribution in [3.05, 3.63) is 34.3 Å². The third-order valence-corrected chi connectivity index (χ3v) is 2.91. The molecule has 1 rings (SSSR count). The van der Waals surface area contributed by atoms with Crippen molar-refractivity contribution in [3.63, 3.8) is 0 Å². The fourth-order valence-electron chi connectivity index (χ4n) is 1.56. The van der Waals surface area contributed by atoms with Gasteiger partial charge in [-0.1, -0.05) is 28.1 Å². The number of hydrogen-bond acceptors (Lipinski definition) is 2. The molecule has 1 aromatic carbocycles. The molecule has 0 radical (unpaired) electrons. The van der Waals surface area contributed by atoms with Gasteiger partial charge in [-0.15, -0.1) is 0 Å². The van der Waals surface area contributed by atoms with Gasteiger partial charge in [0.2, 0.25) is 0 Å². The van der Waals surface area contributed by atoms with Gasteiger partial charge in [0.1, 0.15) is 0 Å². The maximum atomic E-state index is 5.60. The average Bonchev–Trinajstić information content (AvgIpc) is 2.17. The second-order valence-corrected chi connectivity index (χ2v) is 4.90. The summed E-state index contributed by atoms with van der Waals surface area (Å²) in [6.07, 6.45) is 0. The van der Waals surface area contributed by atoms with Crippen molar-refractivity contribution in [2.24, 2.45) is 5.73 Å². The van der Waals surface area contributed by atoms with Crippen molar-refractivity contribution < 1.29 is 0 Å². The minimum atomic E-state index is 0.535. The van der Waals surface area contributed by atoms with Gasteiger partial charge in [-0.25, -0.2) is 0 Å². The first kappa shape index (κ1) is 12.7. The predicted octanol–water partition coefficient (Wildman–Crippen LogP) is 2.62. The molecule has 84 valence electrons. The molecule has 15 heavy (non-hydrogen) atoms. The molecule has 0 aromatic heterocycles. The lowest BCUT2D eigenvalue weighted by Crippen LogP contribution is -2.34. The summed E-state index contributed by atoms with van der Waals surface area (Å²) in [6, 6.07) is 8.96. The van der Waals surface area contributed by atoms with Crippen LogP contribution in [0.2, 0.25) is 0 Å². The summed E-state index contributed by atoms with van der Waals surface area (Å²) >= 11 is 3.48. The van der Waals surface area contributed by atoms with Gasteiger partial charge in [0, 0.05) is 30.1 Å². The highest BCUT2D eigenvalue weighted by atomic mass is 79.9. The first-order chi connectivity index (χ1) is 7.13. The summed E-state index contributed by atoms with van der Waals surface area (Å²) in [4.78, 5) is 2.38. The summed E-state index contributed by atoms with van der Waals surface area (Å²) in [5, 5.41) is 0. The minimum Gasteiger partial charge on any atom is -0.329 e. The Morgan fingerprint density at radius 3 is 2.67 bits per heavy atom. The van der Waals surface area contributed by atoms with Gasteiger partial charge in [0.25, 0.3) is 0 Å². The largest absolute Gasteiger partial charge is 0.329 e. The lowest BCUT2D eigenvalue weighted by Gasteiger charge is -2.25. The van der Waals surface area contributed by atoms with Gasteiger partial charge in [-0.2, -0.15) is 0 Å². The second kappa shape index (κ2) is 6.26. The van der Waals surface area contributed by atoms with E-state index in [1.807, 2.05) is 6.07 Å². The Kier molecular flexibility index (Phi) is 5.29. The quantitative estimate of drug-likeness (QED) is 0.892. The average molecular weight is 271 g/mol. The van der Waals surface area contributed by atoms with Gasteiger partial charge in [0.05, 0.1) is 0 Å². The molecule has 1 aromatic rings. The van der Waals surface area contributed by atoms with E-state index < -0.39 is 0 Å². The normalized spacial score (nSPS) is 11.3. The number of halogens is 1. The Bertz CT molecular complexity index is 299. The maximum absolute atomic E-state index is 5.60. The third kappa shape index (κ3) is 4.33. The molecule has 0 bridgehead atoms. The molecule has 0 amide bonds. The van der Waals surface area contributed by atoms with Crippen LogP contribution >= 0.6 is 15.9 Å². The van der Waals surface area contributed by atoms with E-state index in [1.165, 1.54) is 5.56 Å². The van der Waals surface area contributed by atoms with Crippen LogP contribution in [0.1, 0.15) is 19.4 Å². The van der Waals surface area contributed by atoms with Crippen molar-refractivity contribution in [3.8, 4) is 0 Å². The summed E-state index contributed by atoms with van der Waals surface area (Å²) in [6.45, 7) is 7.03. The Morgan fingerprint density at radius 2 is 2.13 bits per heavy atom. The Labute approximate surface area is 101 Å². The summed E-state index contributed by atoms with van der Waals surface area (Å²) in [5.41, 5.74) is 6.93. The van der Waals surface area contributed by atoms with E-state index in [0.29, 0.717) is 12.6 Å². The van der Waals surface area contributed by atoms with Crippen LogP contribution in [0.3, 0.4) is 0 Å². The number of rotatable bonds is 5. The molecule has 0 unspecified atom stereocenters. The SMILES string of the molecule is CC(C)N(CCN)Cc1cccc(Br)c1. The highest BCUT2D eigenvalue weighted by Gasteiger charge is 2.08. The van der Waals surface area contributed by atoms with Gasteiger partial charge in [-0.05, 0) is 31.5 Å². The van der Waals surface area contributed by atoms with Crippen molar-refractivity contribution in [2.45, 2.75) is 26.4 Å². The van der Waals surface area contributed by atoms with Gasteiger partial charge in [-0.3, -0.25) is 4.90 Å². The summed E-state index contributed by atoms with van der Waals surface area (Å²) in [5.74, 6) is 0. The van der Waals surface area contributed by atoms with Crippen molar-refractivity contribution in [1.29, 1.82) is 0 Å². The molecule has 3 heteroatoms. The fraction of sp³-hybridized carbons (Fsp3) is 0.500. The van der Waals surface area contributed by atoms with E-state index in [-0.39, 0.29) is 0 Å². The summed E-state index contributed by atoms with van der Waals surface area (Å²) in [7, 11) is 0. The van der Waals surface area contributed by atoms with Crippen LogP contribution in [0, 0.1) is 0 Å². The monoisotopic (exact) mass is 270 g/mol. The number of benzene rings is 1. The van der Waals surface area contributed by atoms with E-state index in [9.17, 15) is 0 Å². The zero-order valence-electron chi connectivity index (χ0n) is 9.41. The molecule has 0 aliphatic heterocycles. The van der Waals surface area contributed by atoms with Gasteiger partial charge >= 0.3 is 0 Å². The topological polar surface area (TPSA) is 29.3 Å². The van der Waals surface area contributed by atoms with E-state index >= 15 is 0 Å². The van der Waals surface area contributed by atoms with Crippen molar-refractivity contribution >= 4 is 15.9 Å². The van der Waals surface area contributed by atoms with E-state index in [0.717, 1.165) is 17.6 Å². The molecule has 0 aliphatic carbocycles. The lowest BCUT2D eigenvalue weighted by molar-refractivity contribution is 0.219. The molecule has 0 aliphatic rings. The molecule has 0 saturated heterocycles. The summed E-state index contributed by atoms with van der Waals surface area (Å²) < 4.78 is 1.14. The lowest BCUT2D eigenvalue weighted by atomic mass is 10.2. The standard InChI is InChI=1S/C12H19BrN2/c1-10(2)15(7-6-14)9-11-4-3-5-12(13)8-11/h3-5,8,10H,6-7,9,14H2,1-2H3. The fourth-order valence-corrected chi connectivity index (χ4v) is 2.00. The van der Waals surface area contributed by atoms with Crippen molar-refractivity contribution in [1.82, 2.24) is 4.90 Å². The minimum absolute atomic E-state index is 0.535. The molecular formula is C12H19BrN2. The van der Waals surface area contributed by atoms with Crippen molar-refractivity contribution in [2.75, 3.05) is 13.1 Å². The van der Waals surface area contributed by atoms with E-state index in [2.05, 4.69) is 52.9 Å². The number of nitrogens with zero attached hydrogens (tertiary/aromatic N) is 1. The Balaban J connectivity index is 2.65. The molecule has 2 nitrogen and oxygen atoms in total. The van der Waals surface area contributed by atoms with Gasteiger partial charge in [0.15, 0.2) is 0 Å². The molecular weight excluding hydrogens is 252 g/mol. The van der Waals surface area contributed by atoms with Crippen LogP contribution in [0.25, 0.3) is 0 Å². The van der Waals surface area contributed by atoms with Crippen LogP contribution in [0.15, 0.2) is 28.7 Å². The first-order valence-corrected chi connectivity index (χ1v) is 6.11. The zero-order chi connectivity index (χ0) is 11.3.